The molecule has 0 spiro atoms. The first-order chi connectivity index (χ1) is 28.9. The van der Waals surface area contributed by atoms with Gasteiger partial charge in [-0.1, -0.05) is 13.2 Å². The molecule has 17 nitrogen and oxygen atoms in total. The first-order valence-corrected chi connectivity index (χ1v) is 17.9. The van der Waals surface area contributed by atoms with Gasteiger partial charge in [0.15, 0.2) is 46.7 Å². The predicted molar refractivity (Wildman–Crippen MR) is 205 cm³/mol. The summed E-state index contributed by atoms with van der Waals surface area (Å²) in [6, 6.07) is 17.9. The molecule has 4 aromatic rings. The van der Waals surface area contributed by atoms with Crippen molar-refractivity contribution in [3.05, 3.63) is 126 Å². The van der Waals surface area contributed by atoms with Gasteiger partial charge in [-0.05, 0) is 78.9 Å². The van der Waals surface area contributed by atoms with Crippen LogP contribution in [0.25, 0.3) is 0 Å². The third-order valence-electron chi connectivity index (χ3n) is 8.94. The first kappa shape index (κ1) is 42.1. The molecule has 2 heterocycles. The second kappa shape index (κ2) is 18.8. The van der Waals surface area contributed by atoms with E-state index in [-0.39, 0.29) is 75.7 Å². The molecule has 0 aromatic heterocycles. The highest BCUT2D eigenvalue weighted by Crippen LogP contribution is 2.35. The van der Waals surface area contributed by atoms with E-state index in [2.05, 4.69) is 13.2 Å². The van der Waals surface area contributed by atoms with Crippen LogP contribution in [0, 0.1) is 0 Å². The monoisotopic (exact) mass is 824 g/mol. The van der Waals surface area contributed by atoms with Crippen LogP contribution < -0.4 is 33.2 Å². The molecular weight excluding hydrogens is 788 g/mol. The molecule has 0 aliphatic carbocycles. The lowest BCUT2D eigenvalue weighted by atomic mass is 10.1. The number of methoxy groups -OCH3 is 3. The maximum atomic E-state index is 13.3. The van der Waals surface area contributed by atoms with Crippen molar-refractivity contribution < 1.29 is 80.9 Å². The van der Waals surface area contributed by atoms with Crippen molar-refractivity contribution in [3.63, 3.8) is 0 Å². The molecule has 2 fully saturated rings. The fraction of sp³-hybridized carbons (Fsp3) is 0.209. The average molecular weight is 825 g/mol. The average Bonchev–Trinajstić information content (AvgIpc) is 3.86. The number of rotatable bonds is 15. The minimum absolute atomic E-state index is 0.00114. The maximum absolute atomic E-state index is 13.3. The highest BCUT2D eigenvalue weighted by molar-refractivity contribution is 5.95. The Balaban J connectivity index is 1.03. The molecule has 4 aromatic carbocycles. The molecule has 17 heteroatoms. The lowest BCUT2D eigenvalue weighted by Gasteiger charge is -2.18. The van der Waals surface area contributed by atoms with Crippen molar-refractivity contribution in [2.24, 2.45) is 0 Å². The van der Waals surface area contributed by atoms with E-state index in [1.165, 1.54) is 100 Å². The van der Waals surface area contributed by atoms with Gasteiger partial charge in [0.1, 0.15) is 18.0 Å². The lowest BCUT2D eigenvalue weighted by molar-refractivity contribution is -0.129. The molecule has 310 valence electrons. The molecular formula is C43H36O17. The SMILES string of the molecule is C=CC(=O)Oc1ccc(C(=O)Oc2ccc(C(=O)O[C@@H]3CO[C@H]4[C@@H]3OC[C@H]4OC(=O)c3ccc(OC(=O)c4ccc(OC(=O)C=C)c(OC)c4)c(OC)c3)cc2OC)cc1. The molecule has 0 bridgehead atoms. The fourth-order valence-corrected chi connectivity index (χ4v) is 5.96. The summed E-state index contributed by atoms with van der Waals surface area (Å²) in [7, 11) is 4.00. The summed E-state index contributed by atoms with van der Waals surface area (Å²) in [6.07, 6.45) is -1.22. The van der Waals surface area contributed by atoms with E-state index in [0.717, 1.165) is 12.2 Å². The second-order valence-electron chi connectivity index (χ2n) is 12.6. The van der Waals surface area contributed by atoms with Crippen LogP contribution in [0.1, 0.15) is 41.4 Å². The largest absolute Gasteiger partial charge is 0.493 e. The summed E-state index contributed by atoms with van der Waals surface area (Å²) >= 11 is 0. The minimum Gasteiger partial charge on any atom is -0.493 e. The Bertz CT molecular complexity index is 2330. The second-order valence-corrected chi connectivity index (χ2v) is 12.6. The van der Waals surface area contributed by atoms with Crippen molar-refractivity contribution in [2.75, 3.05) is 34.5 Å². The Labute approximate surface area is 341 Å². The van der Waals surface area contributed by atoms with E-state index >= 15 is 0 Å². The number of esters is 6. The van der Waals surface area contributed by atoms with Crippen LogP contribution in [0.5, 0.6) is 40.2 Å². The van der Waals surface area contributed by atoms with Crippen molar-refractivity contribution in [1.29, 1.82) is 0 Å². The summed E-state index contributed by atoms with van der Waals surface area (Å²) in [4.78, 5) is 75.3. The number of carbonyl (C=O) groups excluding carboxylic acids is 6. The molecule has 2 aliphatic heterocycles. The summed E-state index contributed by atoms with van der Waals surface area (Å²) in [5, 5.41) is 0. The molecule has 0 N–H and O–H groups in total. The fourth-order valence-electron chi connectivity index (χ4n) is 5.96. The summed E-state index contributed by atoms with van der Waals surface area (Å²) in [6.45, 7) is 6.58. The van der Waals surface area contributed by atoms with Crippen LogP contribution in [0.4, 0.5) is 0 Å². The van der Waals surface area contributed by atoms with Crippen LogP contribution in [0.15, 0.2) is 104 Å². The molecule has 6 rings (SSSR count). The quantitative estimate of drug-likeness (QED) is 0.0890. The normalized spacial score (nSPS) is 17.5. The molecule has 2 saturated heterocycles. The maximum Gasteiger partial charge on any atom is 0.343 e. The molecule has 4 atom stereocenters. The highest BCUT2D eigenvalue weighted by atomic mass is 16.7. The van der Waals surface area contributed by atoms with Gasteiger partial charge in [0, 0.05) is 12.2 Å². The zero-order valence-electron chi connectivity index (χ0n) is 32.2. The van der Waals surface area contributed by atoms with Gasteiger partial charge in [-0.2, -0.15) is 0 Å². The number of carbonyl (C=O) groups is 6. The molecule has 0 radical (unpaired) electrons. The molecule has 2 aliphatic rings. The Morgan fingerprint density at radius 2 is 0.850 bits per heavy atom. The van der Waals surface area contributed by atoms with Crippen LogP contribution in [0.3, 0.4) is 0 Å². The topological polar surface area (TPSA) is 204 Å². The van der Waals surface area contributed by atoms with Gasteiger partial charge in [0.25, 0.3) is 0 Å². The van der Waals surface area contributed by atoms with Crippen LogP contribution in [-0.2, 0) is 28.5 Å². The number of fused-ring (bicyclic) bond motifs is 1. The van der Waals surface area contributed by atoms with Crippen molar-refractivity contribution in [2.45, 2.75) is 24.4 Å². The Morgan fingerprint density at radius 1 is 0.483 bits per heavy atom. The summed E-state index contributed by atoms with van der Waals surface area (Å²) in [5.41, 5.74) is 0.375. The van der Waals surface area contributed by atoms with Crippen LogP contribution in [0.2, 0.25) is 0 Å². The standard InChI is InChI=1S/C43H36O17/c1-6-36(44)55-27-13-8-23(9-14-27)40(46)57-29-16-11-25(19-32(29)51-4)42(48)59-34-21-53-39-35(22-54-38(34)39)60-43(49)26-12-17-30(33(20-26)52-5)58-41(47)24-10-15-28(31(18-24)50-3)56-37(45)7-2/h6-20,34-35,38-39H,1-2,21-22H2,3-5H3/t34-,35-,38-,39-/m1/s1. The Morgan fingerprint density at radius 3 is 1.27 bits per heavy atom. The van der Waals surface area contributed by atoms with Gasteiger partial charge in [0.2, 0.25) is 0 Å². The highest BCUT2D eigenvalue weighted by Gasteiger charge is 2.51. The molecule has 60 heavy (non-hydrogen) atoms. The summed E-state index contributed by atoms with van der Waals surface area (Å²) in [5.74, 6) is -3.85. The third kappa shape index (κ3) is 9.61. The van der Waals surface area contributed by atoms with E-state index in [0.29, 0.717) is 0 Å². The van der Waals surface area contributed by atoms with E-state index in [1.807, 2.05) is 0 Å². The van der Waals surface area contributed by atoms with Gasteiger partial charge in [-0.15, -0.1) is 0 Å². The van der Waals surface area contributed by atoms with Crippen molar-refractivity contribution >= 4 is 35.8 Å². The van der Waals surface area contributed by atoms with Crippen LogP contribution >= 0.6 is 0 Å². The van der Waals surface area contributed by atoms with Crippen molar-refractivity contribution in [3.8, 4) is 40.2 Å². The zero-order chi connectivity index (χ0) is 42.9. The van der Waals surface area contributed by atoms with E-state index in [4.69, 9.17) is 52.1 Å². The van der Waals surface area contributed by atoms with E-state index in [9.17, 15) is 28.8 Å². The Hall–Kier alpha value is -7.50. The lowest BCUT2D eigenvalue weighted by Crippen LogP contribution is -2.36. The van der Waals surface area contributed by atoms with Crippen molar-refractivity contribution in [1.82, 2.24) is 0 Å². The molecule has 0 unspecified atom stereocenters. The number of ether oxygens (including phenoxy) is 11. The zero-order valence-corrected chi connectivity index (χ0v) is 32.2. The Kier molecular flexibility index (Phi) is 13.2. The van der Waals surface area contributed by atoms with Gasteiger partial charge in [0.05, 0.1) is 56.8 Å². The minimum atomic E-state index is -0.856. The van der Waals surface area contributed by atoms with Gasteiger partial charge < -0.3 is 52.1 Å². The van der Waals surface area contributed by atoms with Gasteiger partial charge >= 0.3 is 35.8 Å². The van der Waals surface area contributed by atoms with E-state index in [1.54, 1.807) is 0 Å². The van der Waals surface area contributed by atoms with Gasteiger partial charge in [-0.3, -0.25) is 0 Å². The number of hydrogen-bond acceptors (Lipinski definition) is 17. The number of benzene rings is 4. The van der Waals surface area contributed by atoms with Gasteiger partial charge in [-0.25, -0.2) is 28.8 Å². The predicted octanol–water partition coefficient (Wildman–Crippen LogP) is 4.88. The first-order valence-electron chi connectivity index (χ1n) is 17.9. The third-order valence-corrected chi connectivity index (χ3v) is 8.94. The van der Waals surface area contributed by atoms with E-state index < -0.39 is 60.2 Å². The summed E-state index contributed by atoms with van der Waals surface area (Å²) < 4.78 is 60.2. The molecule has 0 amide bonds. The number of hydrogen-bond donors (Lipinski definition) is 0. The molecule has 0 saturated carbocycles. The van der Waals surface area contributed by atoms with Crippen LogP contribution in [-0.4, -0.2) is 94.8 Å². The smallest absolute Gasteiger partial charge is 0.343 e.